The lowest BCUT2D eigenvalue weighted by Gasteiger charge is -2.19. The van der Waals surface area contributed by atoms with E-state index in [1.165, 1.54) is 0 Å². The molecule has 2 unspecified atom stereocenters. The molecule has 2 N–H and O–H groups in total. The van der Waals surface area contributed by atoms with E-state index in [1.807, 2.05) is 18.2 Å². The molecular weight excluding hydrogens is 276 g/mol. The maximum Gasteiger partial charge on any atom is 0.262 e. The van der Waals surface area contributed by atoms with Gasteiger partial charge >= 0.3 is 0 Å². The number of nitrogens with one attached hydrogen (secondary N) is 2. The predicted molar refractivity (Wildman–Crippen MR) is 80.4 cm³/mol. The standard InChI is InChI=1S/C14H20N2O3S/c1-10(5-6-20(2)18)15-8-11-3-4-13-12(7-11)16-14(17)9-19-13/h3-4,7,10,15H,5-6,8-9H2,1-2H3,(H,16,17). The summed E-state index contributed by atoms with van der Waals surface area (Å²) in [7, 11) is -0.744. The quantitative estimate of drug-likeness (QED) is 0.829. The van der Waals surface area contributed by atoms with Crippen LogP contribution < -0.4 is 15.4 Å². The molecule has 2 atom stereocenters. The minimum atomic E-state index is -0.744. The molecule has 0 aromatic heterocycles. The van der Waals surface area contributed by atoms with Crippen molar-refractivity contribution in [2.75, 3.05) is 23.9 Å². The Bertz CT molecular complexity index is 519. The van der Waals surface area contributed by atoms with Crippen LogP contribution in [-0.4, -0.2) is 34.8 Å². The summed E-state index contributed by atoms with van der Waals surface area (Å²) in [6.07, 6.45) is 2.60. The highest BCUT2D eigenvalue weighted by atomic mass is 32.2. The molecule has 0 saturated carbocycles. The fourth-order valence-electron chi connectivity index (χ4n) is 1.98. The zero-order valence-electron chi connectivity index (χ0n) is 11.8. The number of benzene rings is 1. The van der Waals surface area contributed by atoms with Gasteiger partial charge in [-0.25, -0.2) is 0 Å². The molecule has 1 aromatic rings. The van der Waals surface area contributed by atoms with Gasteiger partial charge in [0.05, 0.1) is 5.69 Å². The maximum atomic E-state index is 11.3. The Balaban J connectivity index is 1.89. The summed E-state index contributed by atoms with van der Waals surface area (Å²) in [6.45, 7) is 2.87. The summed E-state index contributed by atoms with van der Waals surface area (Å²) >= 11 is 0. The molecule has 0 saturated heterocycles. The number of ether oxygens (including phenoxy) is 1. The topological polar surface area (TPSA) is 67.4 Å². The van der Waals surface area contributed by atoms with Crippen LogP contribution in [0.2, 0.25) is 0 Å². The minimum absolute atomic E-state index is 0.0792. The largest absolute Gasteiger partial charge is 0.482 e. The fourth-order valence-corrected chi connectivity index (χ4v) is 2.66. The summed E-state index contributed by atoms with van der Waals surface area (Å²) in [5, 5.41) is 6.18. The first-order valence-corrected chi connectivity index (χ1v) is 8.36. The lowest BCUT2D eigenvalue weighted by atomic mass is 10.1. The first-order chi connectivity index (χ1) is 9.54. The van der Waals surface area contributed by atoms with Crippen LogP contribution >= 0.6 is 0 Å². The second-order valence-corrected chi connectivity index (χ2v) is 6.57. The third-order valence-corrected chi connectivity index (χ3v) is 3.98. The van der Waals surface area contributed by atoms with Crippen molar-refractivity contribution in [3.63, 3.8) is 0 Å². The van der Waals surface area contributed by atoms with Crippen molar-refractivity contribution >= 4 is 22.4 Å². The molecule has 20 heavy (non-hydrogen) atoms. The number of hydrogen-bond acceptors (Lipinski definition) is 4. The second-order valence-electron chi connectivity index (χ2n) is 5.02. The SMILES string of the molecule is CC(CCS(C)=O)NCc1ccc2c(c1)NC(=O)CO2. The summed E-state index contributed by atoms with van der Waals surface area (Å²) in [6, 6.07) is 6.08. The van der Waals surface area contributed by atoms with E-state index < -0.39 is 10.8 Å². The average Bonchev–Trinajstić information content (AvgIpc) is 2.42. The molecule has 0 fully saturated rings. The number of carbonyl (C=O) groups is 1. The highest BCUT2D eigenvalue weighted by Crippen LogP contribution is 2.28. The van der Waals surface area contributed by atoms with E-state index in [4.69, 9.17) is 4.74 Å². The van der Waals surface area contributed by atoms with Crippen molar-refractivity contribution in [3.05, 3.63) is 23.8 Å². The van der Waals surface area contributed by atoms with Crippen LogP contribution in [0.4, 0.5) is 5.69 Å². The van der Waals surface area contributed by atoms with Gasteiger partial charge in [0.15, 0.2) is 6.61 Å². The second kappa shape index (κ2) is 6.85. The van der Waals surface area contributed by atoms with Crippen molar-refractivity contribution in [1.82, 2.24) is 5.32 Å². The number of hydrogen-bond donors (Lipinski definition) is 2. The van der Waals surface area contributed by atoms with Gasteiger partial charge in [-0.3, -0.25) is 9.00 Å². The van der Waals surface area contributed by atoms with Crippen molar-refractivity contribution in [1.29, 1.82) is 0 Å². The first kappa shape index (κ1) is 15.0. The van der Waals surface area contributed by atoms with E-state index in [2.05, 4.69) is 17.6 Å². The van der Waals surface area contributed by atoms with Gasteiger partial charge < -0.3 is 15.4 Å². The number of carbonyl (C=O) groups excluding carboxylic acids is 1. The molecule has 2 rings (SSSR count). The normalized spacial score (nSPS) is 16.8. The van der Waals surface area contributed by atoms with Crippen LogP contribution in [0.15, 0.2) is 18.2 Å². The lowest BCUT2D eigenvalue weighted by molar-refractivity contribution is -0.118. The lowest BCUT2D eigenvalue weighted by Crippen LogP contribution is -2.28. The fraction of sp³-hybridized carbons (Fsp3) is 0.500. The van der Waals surface area contributed by atoms with Crippen molar-refractivity contribution in [3.8, 4) is 5.75 Å². The molecular formula is C14H20N2O3S. The Labute approximate surface area is 121 Å². The van der Waals surface area contributed by atoms with Crippen LogP contribution in [-0.2, 0) is 22.1 Å². The predicted octanol–water partition coefficient (Wildman–Crippen LogP) is 1.26. The third-order valence-electron chi connectivity index (χ3n) is 3.17. The smallest absolute Gasteiger partial charge is 0.262 e. The summed E-state index contributed by atoms with van der Waals surface area (Å²) in [5.41, 5.74) is 1.81. The summed E-state index contributed by atoms with van der Waals surface area (Å²) in [4.78, 5) is 11.3. The van der Waals surface area contributed by atoms with Crippen LogP contribution in [0.3, 0.4) is 0 Å². The number of fused-ring (bicyclic) bond motifs is 1. The average molecular weight is 296 g/mol. The molecule has 0 aliphatic carbocycles. The van der Waals surface area contributed by atoms with Gasteiger partial charge in [0.2, 0.25) is 0 Å². The van der Waals surface area contributed by atoms with Crippen LogP contribution in [0.5, 0.6) is 5.75 Å². The van der Waals surface area contributed by atoms with Gasteiger partial charge in [0.25, 0.3) is 5.91 Å². The molecule has 0 spiro atoms. The molecule has 1 aliphatic heterocycles. The van der Waals surface area contributed by atoms with E-state index in [9.17, 15) is 9.00 Å². The molecule has 6 heteroatoms. The van der Waals surface area contributed by atoms with E-state index in [0.717, 1.165) is 17.7 Å². The summed E-state index contributed by atoms with van der Waals surface area (Å²) < 4.78 is 16.4. The monoisotopic (exact) mass is 296 g/mol. The Kier molecular flexibility index (Phi) is 5.14. The van der Waals surface area contributed by atoms with E-state index in [0.29, 0.717) is 24.1 Å². The Morgan fingerprint density at radius 3 is 3.05 bits per heavy atom. The van der Waals surface area contributed by atoms with Gasteiger partial charge in [-0.15, -0.1) is 0 Å². The van der Waals surface area contributed by atoms with Crippen LogP contribution in [0.1, 0.15) is 18.9 Å². The number of rotatable bonds is 6. The van der Waals surface area contributed by atoms with E-state index >= 15 is 0 Å². The van der Waals surface area contributed by atoms with Crippen molar-refractivity contribution < 1.29 is 13.7 Å². The first-order valence-electron chi connectivity index (χ1n) is 6.63. The Hall–Kier alpha value is -1.40. The molecule has 5 nitrogen and oxygen atoms in total. The highest BCUT2D eigenvalue weighted by molar-refractivity contribution is 7.84. The van der Waals surface area contributed by atoms with Gasteiger partial charge in [-0.05, 0) is 31.0 Å². The van der Waals surface area contributed by atoms with Gasteiger partial charge in [-0.2, -0.15) is 0 Å². The zero-order chi connectivity index (χ0) is 14.5. The number of anilines is 1. The van der Waals surface area contributed by atoms with Gasteiger partial charge in [0.1, 0.15) is 5.75 Å². The van der Waals surface area contributed by atoms with E-state index in [-0.39, 0.29) is 12.5 Å². The molecule has 1 heterocycles. The maximum absolute atomic E-state index is 11.3. The number of amides is 1. The molecule has 0 radical (unpaired) electrons. The van der Waals surface area contributed by atoms with E-state index in [1.54, 1.807) is 6.26 Å². The summed E-state index contributed by atoms with van der Waals surface area (Å²) in [5.74, 6) is 1.30. The molecule has 0 bridgehead atoms. The third kappa shape index (κ3) is 4.31. The highest BCUT2D eigenvalue weighted by Gasteiger charge is 2.15. The van der Waals surface area contributed by atoms with Gasteiger partial charge in [-0.1, -0.05) is 6.07 Å². The molecule has 1 amide bonds. The van der Waals surface area contributed by atoms with Gasteiger partial charge in [0, 0.05) is 35.4 Å². The molecule has 110 valence electrons. The van der Waals surface area contributed by atoms with Crippen molar-refractivity contribution in [2.45, 2.75) is 25.9 Å². The van der Waals surface area contributed by atoms with Crippen LogP contribution in [0.25, 0.3) is 0 Å². The zero-order valence-corrected chi connectivity index (χ0v) is 12.6. The molecule has 1 aromatic carbocycles. The Morgan fingerprint density at radius 1 is 1.50 bits per heavy atom. The van der Waals surface area contributed by atoms with Crippen LogP contribution in [0, 0.1) is 0 Å². The molecule has 1 aliphatic rings. The Morgan fingerprint density at radius 2 is 2.30 bits per heavy atom. The minimum Gasteiger partial charge on any atom is -0.482 e. The van der Waals surface area contributed by atoms with Crippen molar-refractivity contribution in [2.24, 2.45) is 0 Å².